The highest BCUT2D eigenvalue weighted by Gasteiger charge is 2.44. The molecule has 5 aromatic rings. The van der Waals surface area contributed by atoms with Gasteiger partial charge in [0.25, 0.3) is 0 Å². The number of ether oxygens (including phenoxy) is 4. The van der Waals surface area contributed by atoms with E-state index < -0.39 is 34.5 Å². The minimum Gasteiger partial charge on any atom is -0.572 e. The van der Waals surface area contributed by atoms with Crippen LogP contribution in [0.2, 0.25) is 0 Å². The number of phenols is 1. The number of hydrogen-bond donors (Lipinski definition) is 2. The van der Waals surface area contributed by atoms with E-state index in [1.54, 1.807) is 18.2 Å². The van der Waals surface area contributed by atoms with Crippen molar-refractivity contribution in [2.45, 2.75) is 180 Å². The van der Waals surface area contributed by atoms with Gasteiger partial charge in [0, 0.05) is 34.0 Å². The Morgan fingerprint density at radius 3 is 1.96 bits per heavy atom. The molecular formula is C66H84BF5NO8S. The van der Waals surface area contributed by atoms with Crippen LogP contribution in [0, 0.1) is 45.8 Å². The maximum atomic E-state index is 12.4. The number of esters is 2. The molecule has 4 atom stereocenters. The zero-order valence-corrected chi connectivity index (χ0v) is 49.9. The molecule has 3 aliphatic rings. The number of epoxide rings is 1. The van der Waals surface area contributed by atoms with Gasteiger partial charge in [-0.3, -0.25) is 9.59 Å². The maximum Gasteiger partial charge on any atom is 0.331 e. The zero-order chi connectivity index (χ0) is 60.0. The minimum absolute atomic E-state index is 0.0613. The van der Waals surface area contributed by atoms with Crippen LogP contribution in [0.25, 0.3) is 16.8 Å². The van der Waals surface area contributed by atoms with Gasteiger partial charge in [-0.15, -0.1) is 0 Å². The summed E-state index contributed by atoms with van der Waals surface area (Å²) in [6.07, 6.45) is 22.2. The van der Waals surface area contributed by atoms with Crippen molar-refractivity contribution in [1.82, 2.24) is 5.32 Å². The predicted octanol–water partition coefficient (Wildman–Crippen LogP) is 14.9. The van der Waals surface area contributed by atoms with Crippen molar-refractivity contribution >= 4 is 58.9 Å². The normalized spacial score (nSPS) is 18.7. The summed E-state index contributed by atoms with van der Waals surface area (Å²) in [5.41, 5.74) is 0.279. The molecule has 16 heteroatoms. The molecule has 0 bridgehead atoms. The van der Waals surface area contributed by atoms with Gasteiger partial charge in [0.05, 0.1) is 30.8 Å². The lowest BCUT2D eigenvalue weighted by molar-refractivity contribution is -0.155. The van der Waals surface area contributed by atoms with Crippen LogP contribution in [0.5, 0.6) is 11.5 Å². The second-order valence-electron chi connectivity index (χ2n) is 22.8. The fourth-order valence-electron chi connectivity index (χ4n) is 9.19. The van der Waals surface area contributed by atoms with E-state index in [0.717, 1.165) is 87.9 Å². The molecule has 2 aliphatic carbocycles. The van der Waals surface area contributed by atoms with Gasteiger partial charge in [-0.25, -0.2) is 32.2 Å². The first-order chi connectivity index (χ1) is 39.1. The molecule has 2 saturated carbocycles. The Kier molecular flexibility index (Phi) is 26.8. The molecule has 2 N–H and O–H groups in total. The van der Waals surface area contributed by atoms with Crippen LogP contribution in [-0.2, 0) is 45.2 Å². The summed E-state index contributed by atoms with van der Waals surface area (Å²) in [6.45, 7) is 15.4. The van der Waals surface area contributed by atoms with Crippen molar-refractivity contribution in [3.05, 3.63) is 137 Å². The first-order valence-corrected chi connectivity index (χ1v) is 30.8. The molecule has 4 unspecified atom stereocenters. The van der Waals surface area contributed by atoms with Crippen LogP contribution >= 0.6 is 0 Å². The zero-order valence-electron chi connectivity index (χ0n) is 49.1. The van der Waals surface area contributed by atoms with E-state index in [1.165, 1.54) is 59.4 Å². The number of rotatable bonds is 21. The molecule has 445 valence electrons. The predicted molar refractivity (Wildman–Crippen MR) is 319 cm³/mol. The van der Waals surface area contributed by atoms with Crippen LogP contribution in [0.4, 0.5) is 22.0 Å². The van der Waals surface area contributed by atoms with Crippen molar-refractivity contribution in [3.8, 4) is 11.5 Å². The van der Waals surface area contributed by atoms with Crippen molar-refractivity contribution < 1.29 is 60.4 Å². The summed E-state index contributed by atoms with van der Waals surface area (Å²) in [7, 11) is 4.70. The van der Waals surface area contributed by atoms with Crippen molar-refractivity contribution in [1.29, 1.82) is 0 Å². The molecule has 3 radical (unpaired) electrons. The second-order valence-corrected chi connectivity index (χ2v) is 24.8. The van der Waals surface area contributed by atoms with E-state index in [0.29, 0.717) is 30.5 Å². The Bertz CT molecular complexity index is 2730. The topological polar surface area (TPSA) is 124 Å². The third-order valence-corrected chi connectivity index (χ3v) is 17.4. The average molecular weight is 1160 g/mol. The first-order valence-electron chi connectivity index (χ1n) is 29.0. The average Bonchev–Trinajstić information content (AvgIpc) is 4.35. The summed E-state index contributed by atoms with van der Waals surface area (Å²) >= 11 is 0. The third kappa shape index (κ3) is 21.1. The van der Waals surface area contributed by atoms with Crippen LogP contribution < -0.4 is 15.5 Å². The van der Waals surface area contributed by atoms with E-state index in [9.17, 15) is 41.4 Å². The van der Waals surface area contributed by atoms with Crippen molar-refractivity contribution in [3.63, 3.8) is 0 Å². The number of benzene rings is 5. The van der Waals surface area contributed by atoms with Gasteiger partial charge in [-0.2, -0.15) is 0 Å². The highest BCUT2D eigenvalue weighted by molar-refractivity contribution is 7.95. The van der Waals surface area contributed by atoms with Crippen molar-refractivity contribution in [2.24, 2.45) is 16.7 Å². The number of nitrogens with one attached hydrogen (secondary N) is 1. The fourth-order valence-corrected chi connectivity index (χ4v) is 10.7. The number of aromatic hydroxyl groups is 1. The summed E-state index contributed by atoms with van der Waals surface area (Å²) in [5, 5.41) is 15.2. The Morgan fingerprint density at radius 2 is 1.33 bits per heavy atom. The summed E-state index contributed by atoms with van der Waals surface area (Å²) in [6, 6.07) is 30.6. The lowest BCUT2D eigenvalue weighted by atomic mass is 9.87. The number of carbonyl (C=O) groups excluding carboxylic acids is 3. The standard InChI is InChI=1S/C29H45NO4.C18H16OS.C13H22O3.C6BF5/c1-5-7-8-9-10-11-22-33-25-17-12-23(13-18-25)14-21-27(31)34-26-19-15-24(16-20-26)30-28(32)29(3,4)6-2;1-20(17-11-9-16(19)10-12-17)13-15-7-4-6-14-5-2-3-8-18(14)15;1-4-13(2,3)12(14)15-8-9-5-6-10-11(7-9)16-10;7-1-2(8)4(10)6(12)5(11)3(1)9/h12-14,17-18,21,24,26H,5-11,15-16,19-20,22H2,1-4H3,(H,30,32);2-12H,13H2,1H3;9-11H,4-8H2,1-3H3;/q;;;-1/p+1/b21-14+;;;. The van der Waals surface area contributed by atoms with Gasteiger partial charge in [-0.1, -0.05) is 121 Å². The molecule has 1 amide bonds. The second kappa shape index (κ2) is 32.8. The number of carbonyl (C=O) groups is 3. The molecule has 1 heterocycles. The molecule has 0 aromatic heterocycles. The fraction of sp³-hybridized carbons (Fsp3) is 0.500. The van der Waals surface area contributed by atoms with Crippen LogP contribution in [-0.4, -0.2) is 74.6 Å². The lowest BCUT2D eigenvalue weighted by Crippen LogP contribution is -2.45. The maximum absolute atomic E-state index is 12.4. The van der Waals surface area contributed by atoms with Crippen LogP contribution in [0.3, 0.4) is 0 Å². The number of amides is 1. The number of halogens is 5. The monoisotopic (exact) mass is 1160 g/mol. The Balaban J connectivity index is 0.000000217. The Morgan fingerprint density at radius 1 is 0.720 bits per heavy atom. The smallest absolute Gasteiger partial charge is 0.331 e. The van der Waals surface area contributed by atoms with Gasteiger partial charge < -0.3 is 37.2 Å². The van der Waals surface area contributed by atoms with Gasteiger partial charge in [0.1, 0.15) is 41.2 Å². The van der Waals surface area contributed by atoms with Gasteiger partial charge in [-0.05, 0) is 143 Å². The van der Waals surface area contributed by atoms with E-state index in [4.69, 9.17) is 18.9 Å². The molecule has 9 nitrogen and oxygen atoms in total. The minimum atomic E-state index is -2.21. The summed E-state index contributed by atoms with van der Waals surface area (Å²) < 4.78 is 83.4. The van der Waals surface area contributed by atoms with E-state index in [-0.39, 0.29) is 51.7 Å². The van der Waals surface area contributed by atoms with Gasteiger partial charge >= 0.3 is 11.9 Å². The van der Waals surface area contributed by atoms with Gasteiger partial charge in [0.2, 0.25) is 5.91 Å². The molecule has 5 aromatic carbocycles. The number of phenolic OH excluding ortho intramolecular Hbond substituents is 1. The number of hydrogen-bond acceptors (Lipinski definition) is 8. The number of fused-ring (bicyclic) bond motifs is 2. The van der Waals surface area contributed by atoms with Crippen LogP contribution in [0.15, 0.2) is 102 Å². The SMILES string of the molecule is CCC(C)(C)C(=O)OCC1CCC2OC2C1.CCCCCCCCOc1ccc(/C=C/C(=O)OC2CCC(NC(=O)C(C)(C)CC)CC2)cc1.C[S+](Cc1cccc2ccccc12)c1ccc(O)cc1.[B-]c1c(F)c(F)c(F)c(F)c1F. The Labute approximate surface area is 487 Å². The highest BCUT2D eigenvalue weighted by Crippen LogP contribution is 2.40. The van der Waals surface area contributed by atoms with Gasteiger partial charge in [0.15, 0.2) is 22.3 Å². The highest BCUT2D eigenvalue weighted by atomic mass is 32.2. The molecule has 8 rings (SSSR count). The molecule has 3 fully saturated rings. The summed E-state index contributed by atoms with van der Waals surface area (Å²) in [4.78, 5) is 37.7. The molecule has 1 aliphatic heterocycles. The van der Waals surface area contributed by atoms with Crippen LogP contribution in [0.1, 0.15) is 156 Å². The van der Waals surface area contributed by atoms with E-state index in [2.05, 4.69) is 68.8 Å². The quantitative estimate of drug-likeness (QED) is 0.00857. The van der Waals surface area contributed by atoms with Crippen molar-refractivity contribution in [2.75, 3.05) is 19.5 Å². The third-order valence-electron chi connectivity index (χ3n) is 15.6. The molecular weight excluding hydrogens is 1070 g/mol. The van der Waals surface area contributed by atoms with E-state index in [1.807, 2.05) is 77.9 Å². The molecule has 0 spiro atoms. The first kappa shape index (κ1) is 66.9. The molecule has 1 saturated heterocycles. The summed E-state index contributed by atoms with van der Waals surface area (Å²) in [5.74, 6) is -7.83. The number of unbranched alkanes of at least 4 members (excludes halogenated alkanes) is 5. The Hall–Kier alpha value is -5.87. The lowest BCUT2D eigenvalue weighted by Gasteiger charge is -2.31. The largest absolute Gasteiger partial charge is 0.572 e. The molecule has 82 heavy (non-hydrogen) atoms. The van der Waals surface area contributed by atoms with E-state index >= 15 is 0 Å².